The smallest absolute Gasteiger partial charge is 0.265 e. The highest BCUT2D eigenvalue weighted by Gasteiger charge is 2.34. The second kappa shape index (κ2) is 8.03. The van der Waals surface area contributed by atoms with Gasteiger partial charge in [0.2, 0.25) is 15.7 Å². The van der Waals surface area contributed by atoms with Gasteiger partial charge in [-0.3, -0.25) is 14.6 Å². The number of sulfonamides is 1. The van der Waals surface area contributed by atoms with Crippen molar-refractivity contribution in [1.82, 2.24) is 23.7 Å². The maximum atomic E-state index is 13.4. The number of pyridine rings is 1. The molecule has 1 amide bonds. The van der Waals surface area contributed by atoms with Crippen LogP contribution in [0.1, 0.15) is 21.7 Å². The largest absolute Gasteiger partial charge is 0.442 e. The van der Waals surface area contributed by atoms with Crippen LogP contribution in [-0.4, -0.2) is 64.2 Å². The molecule has 0 spiro atoms. The number of carbonyl (C=O) groups is 1. The maximum absolute atomic E-state index is 13.4. The number of hydrogen-bond donors (Lipinski definition) is 0. The van der Waals surface area contributed by atoms with Gasteiger partial charge in [-0.1, -0.05) is 12.1 Å². The summed E-state index contributed by atoms with van der Waals surface area (Å²) in [6.07, 6.45) is 2.99. The molecule has 0 N–H and O–H groups in total. The summed E-state index contributed by atoms with van der Waals surface area (Å²) < 4.78 is 35.0. The maximum Gasteiger partial charge on any atom is 0.265 e. The second-order valence-electron chi connectivity index (χ2n) is 8.41. The standard InChI is InChI=1S/C23H23N5O5S/c1-14-11-16-5-4-6-17(20(16)24-12-14)34(31,32)28-9-7-27(8-10-28)23(30)18-15(2)33-21-19(18)22(29)26(3)13-25-21/h4-6,11-13H,7-10H2,1-3H3. The molecule has 5 rings (SSSR count). The van der Waals surface area contributed by atoms with Gasteiger partial charge in [0.05, 0.1) is 11.1 Å². The van der Waals surface area contributed by atoms with Crippen LogP contribution >= 0.6 is 0 Å². The number of hydrogen-bond acceptors (Lipinski definition) is 7. The van der Waals surface area contributed by atoms with Crippen LogP contribution in [0.3, 0.4) is 0 Å². The Kier molecular flexibility index (Phi) is 5.25. The number of benzene rings is 1. The number of aryl methyl sites for hydroxylation is 3. The van der Waals surface area contributed by atoms with Gasteiger partial charge in [-0.15, -0.1) is 0 Å². The molecule has 0 aliphatic carbocycles. The predicted octanol–water partition coefficient (Wildman–Crippen LogP) is 1.84. The van der Waals surface area contributed by atoms with Gasteiger partial charge in [0, 0.05) is 44.8 Å². The van der Waals surface area contributed by atoms with Crippen molar-refractivity contribution in [2.45, 2.75) is 18.7 Å². The average Bonchev–Trinajstić information content (AvgIpc) is 3.17. The number of fused-ring (bicyclic) bond motifs is 2. The summed E-state index contributed by atoms with van der Waals surface area (Å²) in [5.41, 5.74) is 1.29. The third kappa shape index (κ3) is 3.48. The van der Waals surface area contributed by atoms with Gasteiger partial charge in [-0.05, 0) is 31.5 Å². The van der Waals surface area contributed by atoms with Gasteiger partial charge < -0.3 is 13.9 Å². The van der Waals surface area contributed by atoms with Gasteiger partial charge in [0.15, 0.2) is 0 Å². The molecule has 176 valence electrons. The highest BCUT2D eigenvalue weighted by Crippen LogP contribution is 2.27. The van der Waals surface area contributed by atoms with Crippen molar-refractivity contribution in [2.75, 3.05) is 26.2 Å². The molecule has 11 heteroatoms. The van der Waals surface area contributed by atoms with Crippen molar-refractivity contribution in [3.05, 3.63) is 64.0 Å². The highest BCUT2D eigenvalue weighted by atomic mass is 32.2. The van der Waals surface area contributed by atoms with Gasteiger partial charge in [-0.2, -0.15) is 4.31 Å². The second-order valence-corrected chi connectivity index (χ2v) is 10.3. The SMILES string of the molecule is Cc1cnc2c(S(=O)(=O)N3CCN(C(=O)c4c(C)oc5ncn(C)c(=O)c45)CC3)cccc2c1. The van der Waals surface area contributed by atoms with E-state index in [0.717, 1.165) is 10.9 Å². The van der Waals surface area contributed by atoms with E-state index in [1.807, 2.05) is 19.1 Å². The molecule has 3 aromatic heterocycles. The molecule has 4 heterocycles. The first kappa shape index (κ1) is 22.2. The topological polar surface area (TPSA) is 119 Å². The van der Waals surface area contributed by atoms with E-state index in [1.54, 1.807) is 37.2 Å². The first-order chi connectivity index (χ1) is 16.2. The van der Waals surface area contributed by atoms with Crippen LogP contribution in [-0.2, 0) is 17.1 Å². The van der Waals surface area contributed by atoms with Crippen molar-refractivity contribution in [3.8, 4) is 0 Å². The molecule has 1 saturated heterocycles. The normalized spacial score (nSPS) is 15.3. The molecule has 1 fully saturated rings. The zero-order valence-corrected chi connectivity index (χ0v) is 19.8. The summed E-state index contributed by atoms with van der Waals surface area (Å²) in [5, 5.41) is 0.895. The fraction of sp³-hybridized carbons (Fsp3) is 0.304. The minimum Gasteiger partial charge on any atom is -0.442 e. The fourth-order valence-electron chi connectivity index (χ4n) is 4.32. The lowest BCUT2D eigenvalue weighted by atomic mass is 10.1. The number of para-hydroxylation sites is 1. The molecule has 0 atom stereocenters. The molecule has 4 aromatic rings. The number of carbonyl (C=O) groups excluding carboxylic acids is 1. The lowest BCUT2D eigenvalue weighted by Gasteiger charge is -2.34. The Morgan fingerprint density at radius 1 is 1.09 bits per heavy atom. The number of nitrogens with zero attached hydrogens (tertiary/aromatic N) is 5. The van der Waals surface area contributed by atoms with Crippen LogP contribution < -0.4 is 5.56 Å². The molecule has 0 saturated carbocycles. The Morgan fingerprint density at radius 2 is 1.82 bits per heavy atom. The number of piperazine rings is 1. The van der Waals surface area contributed by atoms with Gasteiger partial charge in [0.25, 0.3) is 11.5 Å². The molecule has 1 aliphatic rings. The van der Waals surface area contributed by atoms with Gasteiger partial charge in [0.1, 0.15) is 22.4 Å². The molecule has 0 radical (unpaired) electrons. The van der Waals surface area contributed by atoms with Gasteiger partial charge >= 0.3 is 0 Å². The van der Waals surface area contributed by atoms with E-state index in [4.69, 9.17) is 4.42 Å². The lowest BCUT2D eigenvalue weighted by molar-refractivity contribution is 0.0697. The minimum absolute atomic E-state index is 0.115. The molecule has 0 unspecified atom stereocenters. The lowest BCUT2D eigenvalue weighted by Crippen LogP contribution is -2.50. The first-order valence-electron chi connectivity index (χ1n) is 10.8. The Bertz CT molecular complexity index is 1610. The van der Waals surface area contributed by atoms with E-state index in [1.165, 1.54) is 15.2 Å². The molecular formula is C23H23N5O5S. The Hall–Kier alpha value is -3.57. The summed E-state index contributed by atoms with van der Waals surface area (Å²) in [7, 11) is -2.25. The monoisotopic (exact) mass is 481 g/mol. The Morgan fingerprint density at radius 3 is 2.56 bits per heavy atom. The minimum atomic E-state index is -3.81. The molecule has 0 bridgehead atoms. The van der Waals surface area contributed by atoms with Crippen molar-refractivity contribution in [1.29, 1.82) is 0 Å². The average molecular weight is 482 g/mol. The van der Waals surface area contributed by atoms with Crippen molar-refractivity contribution >= 4 is 37.9 Å². The van der Waals surface area contributed by atoms with Crippen molar-refractivity contribution in [3.63, 3.8) is 0 Å². The third-order valence-electron chi connectivity index (χ3n) is 6.12. The first-order valence-corrected chi connectivity index (χ1v) is 12.2. The van der Waals surface area contributed by atoms with Crippen LogP contribution in [0.25, 0.3) is 22.0 Å². The summed E-state index contributed by atoms with van der Waals surface area (Å²) in [6, 6.07) is 7.00. The molecular weight excluding hydrogens is 458 g/mol. The highest BCUT2D eigenvalue weighted by molar-refractivity contribution is 7.89. The Balaban J connectivity index is 1.41. The van der Waals surface area contributed by atoms with E-state index in [-0.39, 0.29) is 59.2 Å². The summed E-state index contributed by atoms with van der Waals surface area (Å²) in [6.45, 7) is 4.14. The number of rotatable bonds is 3. The van der Waals surface area contributed by atoms with Crippen molar-refractivity contribution in [2.24, 2.45) is 7.05 Å². The van der Waals surface area contributed by atoms with E-state index in [2.05, 4.69) is 9.97 Å². The van der Waals surface area contributed by atoms with E-state index >= 15 is 0 Å². The molecule has 1 aliphatic heterocycles. The molecule has 34 heavy (non-hydrogen) atoms. The zero-order chi connectivity index (χ0) is 24.2. The summed E-state index contributed by atoms with van der Waals surface area (Å²) in [4.78, 5) is 36.1. The number of aromatic nitrogens is 3. The number of amides is 1. The van der Waals surface area contributed by atoms with E-state index < -0.39 is 10.0 Å². The summed E-state index contributed by atoms with van der Waals surface area (Å²) >= 11 is 0. The molecule has 10 nitrogen and oxygen atoms in total. The van der Waals surface area contributed by atoms with Crippen LogP contribution in [0.2, 0.25) is 0 Å². The van der Waals surface area contributed by atoms with Crippen LogP contribution in [0, 0.1) is 13.8 Å². The summed E-state index contributed by atoms with van der Waals surface area (Å²) in [5.74, 6) is -0.0660. The molecule has 1 aromatic carbocycles. The van der Waals surface area contributed by atoms with Gasteiger partial charge in [-0.25, -0.2) is 13.4 Å². The number of furan rings is 1. The quantitative estimate of drug-likeness (QED) is 0.438. The van der Waals surface area contributed by atoms with Crippen LogP contribution in [0.4, 0.5) is 0 Å². The van der Waals surface area contributed by atoms with E-state index in [0.29, 0.717) is 11.3 Å². The zero-order valence-electron chi connectivity index (χ0n) is 19.0. The van der Waals surface area contributed by atoms with Crippen molar-refractivity contribution < 1.29 is 17.6 Å². The van der Waals surface area contributed by atoms with Crippen LogP contribution in [0.5, 0.6) is 0 Å². The van der Waals surface area contributed by atoms with Crippen LogP contribution in [0.15, 0.2) is 50.9 Å². The third-order valence-corrected chi connectivity index (χ3v) is 8.05. The Labute approximate surface area is 195 Å². The predicted molar refractivity (Wildman–Crippen MR) is 125 cm³/mol. The fourth-order valence-corrected chi connectivity index (χ4v) is 5.91. The van der Waals surface area contributed by atoms with E-state index in [9.17, 15) is 18.0 Å².